The summed E-state index contributed by atoms with van der Waals surface area (Å²) in [5.74, 6) is -0.802. The zero-order valence-corrected chi connectivity index (χ0v) is 33.6. The van der Waals surface area contributed by atoms with Crippen LogP contribution in [0.2, 0.25) is 0 Å². The van der Waals surface area contributed by atoms with Gasteiger partial charge in [-0.2, -0.15) is 19.9 Å². The Balaban J connectivity index is 0.000000330. The average Bonchev–Trinajstić information content (AvgIpc) is 3.11. The monoisotopic (exact) mass is 723 g/mol. The number of aromatic nitrogens is 4. The molecule has 0 aliphatic carbocycles. The fourth-order valence-electron chi connectivity index (χ4n) is 5.65. The number of aryl methyl sites for hydroxylation is 6. The van der Waals surface area contributed by atoms with Gasteiger partial charge in [-0.15, -0.1) is 0 Å². The normalized spacial score (nSPS) is 11.6. The number of carbonyl (C=O) groups is 2. The number of esters is 2. The Labute approximate surface area is 305 Å². The fourth-order valence-corrected chi connectivity index (χ4v) is 5.65. The SMILES string of the molecule is COC(=O)/C(C)=C/COc1nc(C)c2c(C)c(C)c(C)c(C)c2n1.COC(=O)C(C)CCOc1nc(C)c2c(C)c(C)c(C)c(C)c2n1.[CH2]=[V]. The molecule has 0 radical (unpaired) electrons. The molecule has 2 aromatic heterocycles. The Morgan fingerprint density at radius 3 is 1.50 bits per heavy atom. The number of hydrogen-bond donors (Lipinski definition) is 0. The van der Waals surface area contributed by atoms with Crippen molar-refractivity contribution in [2.24, 2.45) is 5.92 Å². The molecule has 4 aromatic rings. The predicted molar refractivity (Wildman–Crippen MR) is 196 cm³/mol. The molecule has 2 heterocycles. The number of rotatable bonds is 9. The maximum absolute atomic E-state index is 11.4. The Hall–Kier alpha value is -4.15. The third-order valence-electron chi connectivity index (χ3n) is 9.47. The molecular weight excluding hydrogens is 671 g/mol. The minimum atomic E-state index is -0.369. The van der Waals surface area contributed by atoms with Crippen LogP contribution in [0.5, 0.6) is 12.0 Å². The Bertz CT molecular complexity index is 1920. The Morgan fingerprint density at radius 1 is 0.660 bits per heavy atom. The zero-order chi connectivity index (χ0) is 38.0. The molecule has 0 spiro atoms. The van der Waals surface area contributed by atoms with E-state index in [4.69, 9.17) is 14.2 Å². The minimum absolute atomic E-state index is 0.203. The molecule has 0 amide bonds. The first-order valence-electron chi connectivity index (χ1n) is 16.4. The second kappa shape index (κ2) is 18.7. The van der Waals surface area contributed by atoms with Gasteiger partial charge in [-0.3, -0.25) is 4.79 Å². The van der Waals surface area contributed by atoms with E-state index in [1.807, 2.05) is 20.8 Å². The maximum atomic E-state index is 11.4. The molecule has 1 atom stereocenters. The van der Waals surface area contributed by atoms with E-state index in [2.05, 4.69) is 102 Å². The third-order valence-corrected chi connectivity index (χ3v) is 9.47. The van der Waals surface area contributed by atoms with Gasteiger partial charge < -0.3 is 18.9 Å². The third kappa shape index (κ3) is 9.55. The molecule has 4 rings (SSSR count). The van der Waals surface area contributed by atoms with Crippen LogP contribution in [0, 0.1) is 75.2 Å². The van der Waals surface area contributed by atoms with Crippen molar-refractivity contribution in [3.8, 4) is 12.0 Å². The van der Waals surface area contributed by atoms with Gasteiger partial charge in [0.25, 0.3) is 0 Å². The van der Waals surface area contributed by atoms with Crippen LogP contribution in [0.15, 0.2) is 11.6 Å². The van der Waals surface area contributed by atoms with Crippen molar-refractivity contribution in [2.75, 3.05) is 27.4 Å². The van der Waals surface area contributed by atoms with Crippen molar-refractivity contribution >= 4 is 39.0 Å². The molecule has 0 aliphatic heterocycles. The quantitative estimate of drug-likeness (QED) is 0.128. The number of carbonyl (C=O) groups excluding carboxylic acids is 2. The standard InChI is InChI=1S/C19H26N2O3.C19H24N2O3.CH2.V/c2*1-10(18(22)23-7)8-9-24-19-20-15(6)16-13(4)11(2)12(3)14(5)17(16)21-19;;/h10H,8-9H2,1-7H3;8H,9H2,1-7H3;1H2;/b;10-8+;;. The van der Waals surface area contributed by atoms with E-state index in [1.165, 1.54) is 47.6 Å². The summed E-state index contributed by atoms with van der Waals surface area (Å²) in [6, 6.07) is 0.683. The summed E-state index contributed by atoms with van der Waals surface area (Å²) in [7, 11) is 2.75. The molecule has 0 bridgehead atoms. The number of benzene rings is 2. The molecule has 10 nitrogen and oxygen atoms in total. The van der Waals surface area contributed by atoms with Crippen molar-refractivity contribution < 1.29 is 45.5 Å². The molecule has 0 N–H and O–H groups in total. The van der Waals surface area contributed by atoms with Gasteiger partial charge in [0.1, 0.15) is 6.61 Å². The van der Waals surface area contributed by atoms with E-state index < -0.39 is 0 Å². The van der Waals surface area contributed by atoms with Gasteiger partial charge in [0.15, 0.2) is 0 Å². The van der Waals surface area contributed by atoms with Gasteiger partial charge in [-0.1, -0.05) is 6.92 Å². The van der Waals surface area contributed by atoms with E-state index in [0.29, 0.717) is 30.6 Å². The fraction of sp³-hybridized carbons (Fsp3) is 0.462. The summed E-state index contributed by atoms with van der Waals surface area (Å²) >= 11 is 2.06. The first-order chi connectivity index (χ1) is 23.5. The second-order valence-electron chi connectivity index (χ2n) is 12.4. The van der Waals surface area contributed by atoms with Gasteiger partial charge in [0, 0.05) is 16.3 Å². The van der Waals surface area contributed by atoms with Gasteiger partial charge >= 0.3 is 46.2 Å². The van der Waals surface area contributed by atoms with Crippen molar-refractivity contribution in [1.29, 1.82) is 0 Å². The predicted octanol–water partition coefficient (Wildman–Crippen LogP) is 7.39. The molecule has 50 heavy (non-hydrogen) atoms. The summed E-state index contributed by atoms with van der Waals surface area (Å²) in [5.41, 5.74) is 14.0. The van der Waals surface area contributed by atoms with Crippen LogP contribution in [-0.4, -0.2) is 64.5 Å². The number of methoxy groups -OCH3 is 2. The van der Waals surface area contributed by atoms with Crippen LogP contribution in [0.25, 0.3) is 21.8 Å². The number of hydrogen-bond acceptors (Lipinski definition) is 10. The Kier molecular flexibility index (Phi) is 15.7. The van der Waals surface area contributed by atoms with Gasteiger partial charge in [-0.25, -0.2) is 4.79 Å². The number of nitrogens with zero attached hydrogens (tertiary/aromatic N) is 4. The Morgan fingerprint density at radius 2 is 1.08 bits per heavy atom. The van der Waals surface area contributed by atoms with Crippen LogP contribution < -0.4 is 9.47 Å². The van der Waals surface area contributed by atoms with E-state index in [-0.39, 0.29) is 24.5 Å². The van der Waals surface area contributed by atoms with Crippen molar-refractivity contribution in [3.63, 3.8) is 0 Å². The van der Waals surface area contributed by atoms with Crippen molar-refractivity contribution in [2.45, 2.75) is 89.5 Å². The number of ether oxygens (including phenoxy) is 4. The summed E-state index contributed by atoms with van der Waals surface area (Å²) in [6.45, 7) is 24.9. The molecule has 1 unspecified atom stereocenters. The van der Waals surface area contributed by atoms with Crippen LogP contribution in [0.4, 0.5) is 0 Å². The van der Waals surface area contributed by atoms with Crippen LogP contribution in [0.3, 0.4) is 0 Å². The average molecular weight is 724 g/mol. The second-order valence-corrected chi connectivity index (χ2v) is 12.4. The summed E-state index contributed by atoms with van der Waals surface area (Å²) in [6.07, 6.45) is 2.23. The molecule has 2 aromatic carbocycles. The van der Waals surface area contributed by atoms with Crippen LogP contribution in [-0.2, 0) is 36.0 Å². The van der Waals surface area contributed by atoms with Crippen LogP contribution in [0.1, 0.15) is 76.2 Å². The zero-order valence-electron chi connectivity index (χ0n) is 32.2. The first-order valence-corrected chi connectivity index (χ1v) is 17.4. The molecule has 0 fully saturated rings. The van der Waals surface area contributed by atoms with Crippen molar-refractivity contribution in [1.82, 2.24) is 19.9 Å². The van der Waals surface area contributed by atoms with E-state index in [9.17, 15) is 9.59 Å². The van der Waals surface area contributed by atoms with E-state index >= 15 is 0 Å². The van der Waals surface area contributed by atoms with Gasteiger partial charge in [0.05, 0.1) is 49.2 Å². The molecule has 0 saturated heterocycles. The van der Waals surface area contributed by atoms with E-state index in [0.717, 1.165) is 44.3 Å². The number of fused-ring (bicyclic) bond motifs is 2. The molecule has 0 saturated carbocycles. The first kappa shape index (κ1) is 42.0. The molecular formula is C39H52N4O6V. The summed E-state index contributed by atoms with van der Waals surface area (Å²) < 4.78 is 20.7. The van der Waals surface area contributed by atoms with E-state index in [1.54, 1.807) is 13.0 Å². The van der Waals surface area contributed by atoms with Crippen LogP contribution >= 0.6 is 0 Å². The topological polar surface area (TPSA) is 123 Å². The summed E-state index contributed by atoms with van der Waals surface area (Å²) in [4.78, 5) is 40.9. The van der Waals surface area contributed by atoms with Crippen molar-refractivity contribution in [3.05, 3.63) is 67.5 Å². The molecule has 11 heteroatoms. The summed E-state index contributed by atoms with van der Waals surface area (Å²) in [5, 5.41) is 5.38. The molecule has 0 aliphatic rings. The van der Waals surface area contributed by atoms with Gasteiger partial charge in [0.2, 0.25) is 0 Å². The van der Waals surface area contributed by atoms with Gasteiger partial charge in [-0.05, 0) is 133 Å². The molecule has 269 valence electrons.